The Morgan fingerprint density at radius 2 is 2.08 bits per heavy atom. The van der Waals surface area contributed by atoms with E-state index in [0.717, 1.165) is 0 Å². The fourth-order valence-electron chi connectivity index (χ4n) is 1.22. The number of nitrogens with zero attached hydrogens (tertiary/aromatic N) is 2. The van der Waals surface area contributed by atoms with Crippen molar-refractivity contribution in [2.24, 2.45) is 0 Å². The molecule has 0 bridgehead atoms. The number of amides is 1. The Morgan fingerprint density at radius 3 is 2.77 bits per heavy atom. The minimum absolute atomic E-state index is 0.371. The summed E-state index contributed by atoms with van der Waals surface area (Å²) >= 11 is 3.17. The zero-order chi connectivity index (χ0) is 9.59. The number of aromatic nitrogens is 1. The van der Waals surface area contributed by atoms with Crippen LogP contribution in [-0.4, -0.2) is 23.7 Å². The van der Waals surface area contributed by atoms with Crippen molar-refractivity contribution in [2.45, 2.75) is 0 Å². The highest BCUT2D eigenvalue weighted by atomic mass is 79.9. The first-order chi connectivity index (χ1) is 6.11. The standard InChI is InChI=1S/C8H5BrN2O2/c1-11-7-4(6(12)8(11)13)2-3-5(9)10-7/h2-3H,1H3. The molecule has 2 heterocycles. The molecule has 0 radical (unpaired) electrons. The van der Waals surface area contributed by atoms with Gasteiger partial charge in [-0.25, -0.2) is 4.98 Å². The van der Waals surface area contributed by atoms with Crippen molar-refractivity contribution in [1.82, 2.24) is 4.98 Å². The first kappa shape index (κ1) is 8.37. The number of carbonyl (C=O) groups is 2. The van der Waals surface area contributed by atoms with Crippen LogP contribution < -0.4 is 4.90 Å². The quantitative estimate of drug-likeness (QED) is 0.503. The van der Waals surface area contributed by atoms with Crippen LogP contribution in [0.2, 0.25) is 0 Å². The van der Waals surface area contributed by atoms with Gasteiger partial charge in [0.05, 0.1) is 5.56 Å². The van der Waals surface area contributed by atoms with Gasteiger partial charge in [-0.2, -0.15) is 0 Å². The molecule has 1 aromatic rings. The summed E-state index contributed by atoms with van der Waals surface area (Å²) in [7, 11) is 1.53. The number of Topliss-reactive ketones (excluding diaryl/α,β-unsaturated/α-hetero) is 1. The Hall–Kier alpha value is -1.23. The van der Waals surface area contributed by atoms with Gasteiger partial charge >= 0.3 is 0 Å². The molecule has 0 aliphatic carbocycles. The van der Waals surface area contributed by atoms with Crippen molar-refractivity contribution in [2.75, 3.05) is 11.9 Å². The van der Waals surface area contributed by atoms with Gasteiger partial charge in [0.25, 0.3) is 11.7 Å². The average Bonchev–Trinajstić information content (AvgIpc) is 2.32. The second kappa shape index (κ2) is 2.63. The predicted molar refractivity (Wildman–Crippen MR) is 49.7 cm³/mol. The van der Waals surface area contributed by atoms with Gasteiger partial charge in [-0.1, -0.05) is 0 Å². The molecule has 1 aromatic heterocycles. The maximum Gasteiger partial charge on any atom is 0.300 e. The number of rotatable bonds is 0. The van der Waals surface area contributed by atoms with Crippen LogP contribution in [0.5, 0.6) is 0 Å². The van der Waals surface area contributed by atoms with Crippen LogP contribution in [0, 0.1) is 0 Å². The lowest BCUT2D eigenvalue weighted by atomic mass is 10.2. The van der Waals surface area contributed by atoms with E-state index in [1.807, 2.05) is 0 Å². The Morgan fingerprint density at radius 1 is 1.38 bits per heavy atom. The molecule has 2 rings (SSSR count). The number of anilines is 1. The molecule has 0 fully saturated rings. The number of ketones is 1. The summed E-state index contributed by atoms with van der Waals surface area (Å²) in [5.74, 6) is -0.595. The highest BCUT2D eigenvalue weighted by Gasteiger charge is 2.34. The molecule has 0 saturated carbocycles. The zero-order valence-electron chi connectivity index (χ0n) is 6.74. The van der Waals surface area contributed by atoms with E-state index in [1.165, 1.54) is 11.9 Å². The molecule has 13 heavy (non-hydrogen) atoms. The van der Waals surface area contributed by atoms with Crippen molar-refractivity contribution in [1.29, 1.82) is 0 Å². The molecule has 5 heteroatoms. The fourth-order valence-corrected chi connectivity index (χ4v) is 1.52. The van der Waals surface area contributed by atoms with E-state index < -0.39 is 11.7 Å². The number of halogens is 1. The summed E-state index contributed by atoms with van der Waals surface area (Å²) in [5.41, 5.74) is 0.371. The Kier molecular flexibility index (Phi) is 1.69. The summed E-state index contributed by atoms with van der Waals surface area (Å²) in [6.07, 6.45) is 0. The van der Waals surface area contributed by atoms with Gasteiger partial charge in [-0.05, 0) is 28.1 Å². The number of hydrogen-bond acceptors (Lipinski definition) is 3. The molecule has 1 aliphatic heterocycles. The van der Waals surface area contributed by atoms with Crippen molar-refractivity contribution in [3.8, 4) is 0 Å². The molecule has 0 unspecified atom stereocenters. The summed E-state index contributed by atoms with van der Waals surface area (Å²) in [6.45, 7) is 0. The number of fused-ring (bicyclic) bond motifs is 1. The van der Waals surface area contributed by atoms with Crippen LogP contribution in [0.25, 0.3) is 0 Å². The smallest absolute Gasteiger partial charge is 0.292 e. The van der Waals surface area contributed by atoms with Crippen molar-refractivity contribution in [3.63, 3.8) is 0 Å². The second-order valence-electron chi connectivity index (χ2n) is 2.70. The zero-order valence-corrected chi connectivity index (χ0v) is 8.33. The van der Waals surface area contributed by atoms with E-state index in [-0.39, 0.29) is 0 Å². The van der Waals surface area contributed by atoms with Crippen LogP contribution in [0.4, 0.5) is 5.82 Å². The third-order valence-corrected chi connectivity index (χ3v) is 2.34. The molecule has 0 N–H and O–H groups in total. The van der Waals surface area contributed by atoms with Crippen LogP contribution in [-0.2, 0) is 4.79 Å². The number of likely N-dealkylation sites (N-methyl/N-ethyl adjacent to an activating group) is 1. The molecule has 1 aliphatic rings. The first-order valence-corrected chi connectivity index (χ1v) is 4.39. The highest BCUT2D eigenvalue weighted by molar-refractivity contribution is 9.10. The van der Waals surface area contributed by atoms with Gasteiger partial charge in [0.2, 0.25) is 0 Å². The molecule has 0 saturated heterocycles. The SMILES string of the molecule is CN1C(=O)C(=O)c2ccc(Br)nc21. The fraction of sp³-hybridized carbons (Fsp3) is 0.125. The van der Waals surface area contributed by atoms with Gasteiger partial charge in [-0.15, -0.1) is 0 Å². The largest absolute Gasteiger partial charge is 0.300 e. The summed E-state index contributed by atoms with van der Waals surface area (Å²) in [5, 5.41) is 0. The number of carbonyl (C=O) groups excluding carboxylic acids is 2. The third-order valence-electron chi connectivity index (χ3n) is 1.90. The molecule has 4 nitrogen and oxygen atoms in total. The van der Waals surface area contributed by atoms with E-state index in [2.05, 4.69) is 20.9 Å². The van der Waals surface area contributed by atoms with Gasteiger partial charge in [-0.3, -0.25) is 14.5 Å². The second-order valence-corrected chi connectivity index (χ2v) is 3.51. The summed E-state index contributed by atoms with van der Waals surface area (Å²) in [6, 6.07) is 3.24. The predicted octanol–water partition coefficient (Wildman–Crippen LogP) is 1.00. The third kappa shape index (κ3) is 1.07. The summed E-state index contributed by atoms with van der Waals surface area (Å²) < 4.78 is 0.612. The molecule has 66 valence electrons. The lowest BCUT2D eigenvalue weighted by Gasteiger charge is -2.06. The van der Waals surface area contributed by atoms with E-state index in [0.29, 0.717) is 16.0 Å². The molecular weight excluding hydrogens is 236 g/mol. The molecule has 1 amide bonds. The number of pyridine rings is 1. The normalized spacial score (nSPS) is 15.1. The Bertz CT molecular complexity index is 417. The maximum absolute atomic E-state index is 11.3. The lowest BCUT2D eigenvalue weighted by Crippen LogP contribution is -2.25. The van der Waals surface area contributed by atoms with Gasteiger partial charge in [0.1, 0.15) is 10.4 Å². The van der Waals surface area contributed by atoms with Crippen LogP contribution in [0.15, 0.2) is 16.7 Å². The molecule has 0 aromatic carbocycles. The maximum atomic E-state index is 11.3. The van der Waals surface area contributed by atoms with Crippen LogP contribution in [0.1, 0.15) is 10.4 Å². The average molecular weight is 241 g/mol. The highest BCUT2D eigenvalue weighted by Crippen LogP contribution is 2.26. The van der Waals surface area contributed by atoms with Gasteiger partial charge in [0, 0.05) is 7.05 Å². The van der Waals surface area contributed by atoms with E-state index in [4.69, 9.17) is 0 Å². The van der Waals surface area contributed by atoms with Crippen molar-refractivity contribution >= 4 is 33.4 Å². The van der Waals surface area contributed by atoms with Gasteiger partial charge in [0.15, 0.2) is 0 Å². The monoisotopic (exact) mass is 240 g/mol. The minimum Gasteiger partial charge on any atom is -0.292 e. The Balaban J connectivity index is 2.67. The molecular formula is C8H5BrN2O2. The summed E-state index contributed by atoms with van der Waals surface area (Å²) in [4.78, 5) is 27.8. The Labute approximate surface area is 82.7 Å². The van der Waals surface area contributed by atoms with Crippen molar-refractivity contribution < 1.29 is 9.59 Å². The van der Waals surface area contributed by atoms with E-state index >= 15 is 0 Å². The van der Waals surface area contributed by atoms with Crippen LogP contribution in [0.3, 0.4) is 0 Å². The number of hydrogen-bond donors (Lipinski definition) is 0. The lowest BCUT2D eigenvalue weighted by molar-refractivity contribution is -0.114. The molecule has 0 atom stereocenters. The van der Waals surface area contributed by atoms with E-state index in [9.17, 15) is 9.59 Å². The first-order valence-electron chi connectivity index (χ1n) is 3.60. The minimum atomic E-state index is -0.527. The van der Waals surface area contributed by atoms with Gasteiger partial charge < -0.3 is 0 Å². The van der Waals surface area contributed by atoms with E-state index in [1.54, 1.807) is 12.1 Å². The molecule has 0 spiro atoms. The van der Waals surface area contributed by atoms with Crippen molar-refractivity contribution in [3.05, 3.63) is 22.3 Å². The topological polar surface area (TPSA) is 50.3 Å². The van der Waals surface area contributed by atoms with Crippen LogP contribution >= 0.6 is 15.9 Å².